The molecule has 0 aliphatic carbocycles. The maximum Gasteiger partial charge on any atom is 0.403 e. The van der Waals surface area contributed by atoms with E-state index in [1.54, 1.807) is 6.92 Å². The molecular formula is C8H15ClN2O5. The molecule has 0 fully saturated rings. The maximum absolute atomic E-state index is 10.6. The van der Waals surface area contributed by atoms with Crippen molar-refractivity contribution in [3.63, 3.8) is 0 Å². The van der Waals surface area contributed by atoms with Crippen molar-refractivity contribution in [3.05, 3.63) is 0 Å². The van der Waals surface area contributed by atoms with Gasteiger partial charge >= 0.3 is 11.4 Å². The summed E-state index contributed by atoms with van der Waals surface area (Å²) in [4.78, 5) is 31.2. The fraction of sp³-hybridized carbons (Fsp3) is 0.625. The van der Waals surface area contributed by atoms with Gasteiger partial charge in [0.2, 0.25) is 5.91 Å². The lowest BCUT2D eigenvalue weighted by atomic mass is 10.5. The smallest absolute Gasteiger partial charge is 0.403 e. The summed E-state index contributed by atoms with van der Waals surface area (Å²) >= 11 is 4.72. The molecular weight excluding hydrogens is 240 g/mol. The Bertz CT molecular complexity index is 247. The second kappa shape index (κ2) is 10.2. The summed E-state index contributed by atoms with van der Waals surface area (Å²) in [5, 5.41) is 8.19. The molecule has 1 amide bonds. The van der Waals surface area contributed by atoms with Gasteiger partial charge in [-0.15, -0.1) is 0 Å². The first-order chi connectivity index (χ1) is 7.34. The highest BCUT2D eigenvalue weighted by molar-refractivity contribution is 6.61. The minimum Gasteiger partial charge on any atom is -0.480 e. The Hall–Kier alpha value is -1.34. The van der Waals surface area contributed by atoms with E-state index in [1.165, 1.54) is 7.05 Å². The van der Waals surface area contributed by atoms with Crippen molar-refractivity contribution in [1.29, 1.82) is 0 Å². The van der Waals surface area contributed by atoms with Crippen LogP contribution in [0.25, 0.3) is 0 Å². The van der Waals surface area contributed by atoms with Crippen molar-refractivity contribution in [1.82, 2.24) is 4.90 Å². The van der Waals surface area contributed by atoms with Crippen molar-refractivity contribution in [2.45, 2.75) is 6.92 Å². The monoisotopic (exact) mass is 254 g/mol. The van der Waals surface area contributed by atoms with E-state index in [2.05, 4.69) is 4.74 Å². The highest BCUT2D eigenvalue weighted by Crippen LogP contribution is 1.83. The molecule has 0 aliphatic heterocycles. The van der Waals surface area contributed by atoms with Crippen LogP contribution in [-0.2, 0) is 14.3 Å². The number of carboxylic acids is 1. The van der Waals surface area contributed by atoms with E-state index in [-0.39, 0.29) is 19.0 Å². The molecule has 0 heterocycles. The van der Waals surface area contributed by atoms with Gasteiger partial charge in [-0.25, -0.2) is 4.79 Å². The highest BCUT2D eigenvalue weighted by Gasteiger charge is 2.08. The molecule has 3 N–H and O–H groups in total. The van der Waals surface area contributed by atoms with Crippen LogP contribution < -0.4 is 5.73 Å². The van der Waals surface area contributed by atoms with E-state index >= 15 is 0 Å². The van der Waals surface area contributed by atoms with Crippen LogP contribution in [0.4, 0.5) is 4.79 Å². The SMILES string of the molecule is CCOC(=O)Cl.CN(CC(=O)O)C(=O)CN. The first-order valence-electron chi connectivity index (χ1n) is 4.33. The van der Waals surface area contributed by atoms with Crippen LogP contribution in [0, 0.1) is 0 Å². The summed E-state index contributed by atoms with van der Waals surface area (Å²) in [7, 11) is 1.39. The Morgan fingerprint density at radius 3 is 2.12 bits per heavy atom. The van der Waals surface area contributed by atoms with Gasteiger partial charge in [-0.3, -0.25) is 9.59 Å². The molecule has 0 aromatic carbocycles. The first-order valence-corrected chi connectivity index (χ1v) is 4.71. The molecule has 0 aromatic rings. The molecule has 8 heteroatoms. The lowest BCUT2D eigenvalue weighted by Gasteiger charge is -2.11. The van der Waals surface area contributed by atoms with Gasteiger partial charge in [0.05, 0.1) is 13.2 Å². The van der Waals surface area contributed by atoms with Gasteiger partial charge in [0.1, 0.15) is 6.54 Å². The van der Waals surface area contributed by atoms with Crippen LogP contribution >= 0.6 is 11.6 Å². The lowest BCUT2D eigenvalue weighted by Crippen LogP contribution is -2.36. The van der Waals surface area contributed by atoms with Crippen molar-refractivity contribution >= 4 is 28.9 Å². The number of ether oxygens (including phenoxy) is 1. The average molecular weight is 255 g/mol. The van der Waals surface area contributed by atoms with Gasteiger partial charge < -0.3 is 20.5 Å². The second-order valence-electron chi connectivity index (χ2n) is 2.52. The number of amides is 1. The zero-order chi connectivity index (χ0) is 13.1. The quantitative estimate of drug-likeness (QED) is 0.676. The Morgan fingerprint density at radius 1 is 1.44 bits per heavy atom. The van der Waals surface area contributed by atoms with Crippen molar-refractivity contribution in [2.24, 2.45) is 5.73 Å². The van der Waals surface area contributed by atoms with Gasteiger partial charge in [0, 0.05) is 18.6 Å². The van der Waals surface area contributed by atoms with Crippen LogP contribution in [0.1, 0.15) is 6.92 Å². The average Bonchev–Trinajstić information content (AvgIpc) is 2.16. The van der Waals surface area contributed by atoms with Gasteiger partial charge in [0.15, 0.2) is 0 Å². The molecule has 0 saturated carbocycles. The van der Waals surface area contributed by atoms with E-state index in [1.807, 2.05) is 0 Å². The predicted octanol–water partition coefficient (Wildman–Crippen LogP) is -0.130. The van der Waals surface area contributed by atoms with Crippen molar-refractivity contribution in [2.75, 3.05) is 26.7 Å². The molecule has 94 valence electrons. The largest absolute Gasteiger partial charge is 0.480 e. The van der Waals surface area contributed by atoms with E-state index < -0.39 is 11.4 Å². The predicted molar refractivity (Wildman–Crippen MR) is 57.2 cm³/mol. The number of halogens is 1. The number of hydrogen-bond acceptors (Lipinski definition) is 5. The Morgan fingerprint density at radius 2 is 1.94 bits per heavy atom. The number of likely N-dealkylation sites (N-methyl/N-ethyl adjacent to an activating group) is 1. The molecule has 0 unspecified atom stereocenters. The number of carboxylic acid groups (broad SMARTS) is 1. The Labute approximate surface area is 98.1 Å². The van der Waals surface area contributed by atoms with Crippen molar-refractivity contribution < 1.29 is 24.2 Å². The molecule has 16 heavy (non-hydrogen) atoms. The summed E-state index contributed by atoms with van der Waals surface area (Å²) in [6.07, 6.45) is 0. The van der Waals surface area contributed by atoms with Gasteiger partial charge in [-0.05, 0) is 6.92 Å². The lowest BCUT2D eigenvalue weighted by molar-refractivity contribution is -0.142. The number of nitrogens with two attached hydrogens (primary N) is 1. The molecule has 0 bridgehead atoms. The second-order valence-corrected chi connectivity index (χ2v) is 2.83. The third-order valence-corrected chi connectivity index (χ3v) is 1.34. The maximum atomic E-state index is 10.6. The zero-order valence-electron chi connectivity index (χ0n) is 9.10. The van der Waals surface area contributed by atoms with Gasteiger partial charge in [-0.2, -0.15) is 0 Å². The first kappa shape index (κ1) is 17.1. The summed E-state index contributed by atoms with van der Waals surface area (Å²) in [5.74, 6) is -1.41. The number of rotatable bonds is 4. The molecule has 0 saturated heterocycles. The number of nitrogens with zero attached hydrogens (tertiary/aromatic N) is 1. The summed E-state index contributed by atoms with van der Waals surface area (Å²) in [5.41, 5.74) is 4.23. The molecule has 0 aliphatic rings. The normalized spacial score (nSPS) is 8.50. The summed E-state index contributed by atoms with van der Waals surface area (Å²) in [6, 6.07) is 0. The van der Waals surface area contributed by atoms with Crippen LogP contribution in [0.5, 0.6) is 0 Å². The minimum atomic E-state index is -1.04. The van der Waals surface area contributed by atoms with E-state index in [0.29, 0.717) is 6.61 Å². The zero-order valence-corrected chi connectivity index (χ0v) is 9.86. The molecule has 0 atom stereocenters. The third-order valence-electron chi connectivity index (χ3n) is 1.23. The molecule has 0 radical (unpaired) electrons. The molecule has 0 aromatic heterocycles. The van der Waals surface area contributed by atoms with Crippen LogP contribution in [0.3, 0.4) is 0 Å². The van der Waals surface area contributed by atoms with Gasteiger partial charge in [-0.1, -0.05) is 0 Å². The van der Waals surface area contributed by atoms with Gasteiger partial charge in [0.25, 0.3) is 0 Å². The standard InChI is InChI=1S/C5H10N2O3.C3H5ClO2/c1-7(3-5(9)10)4(8)2-6;1-2-6-3(4)5/h2-3,6H2,1H3,(H,9,10);2H2,1H3. The fourth-order valence-corrected chi connectivity index (χ4v) is 0.669. The molecule has 0 spiro atoms. The highest BCUT2D eigenvalue weighted by atomic mass is 35.5. The Balaban J connectivity index is 0. The summed E-state index contributed by atoms with van der Waals surface area (Å²) < 4.78 is 4.17. The van der Waals surface area contributed by atoms with Crippen molar-refractivity contribution in [3.8, 4) is 0 Å². The number of aliphatic carboxylic acids is 1. The number of carbonyl (C=O) groups excluding carboxylic acids is 2. The van der Waals surface area contributed by atoms with E-state index in [4.69, 9.17) is 22.4 Å². The van der Waals surface area contributed by atoms with E-state index in [0.717, 1.165) is 4.90 Å². The topological polar surface area (TPSA) is 110 Å². The van der Waals surface area contributed by atoms with E-state index in [9.17, 15) is 14.4 Å². The fourth-order valence-electron chi connectivity index (χ4n) is 0.560. The van der Waals surface area contributed by atoms with Crippen LogP contribution in [0.2, 0.25) is 0 Å². The minimum absolute atomic E-state index is 0.149. The third kappa shape index (κ3) is 12.7. The van der Waals surface area contributed by atoms with Crippen LogP contribution in [0.15, 0.2) is 0 Å². The number of carbonyl (C=O) groups is 3. The van der Waals surface area contributed by atoms with Crippen LogP contribution in [-0.4, -0.2) is 54.1 Å². The Kier molecular flexibility index (Phi) is 10.9. The number of hydrogen-bond donors (Lipinski definition) is 2. The molecule has 0 rings (SSSR count). The summed E-state index contributed by atoms with van der Waals surface area (Å²) in [6.45, 7) is 1.60. The molecule has 7 nitrogen and oxygen atoms in total.